The van der Waals surface area contributed by atoms with E-state index in [1.807, 2.05) is 6.20 Å². The topological polar surface area (TPSA) is 50.4 Å². The van der Waals surface area contributed by atoms with Gasteiger partial charge >= 0.3 is 7.12 Å². The molecule has 25 heavy (non-hydrogen) atoms. The van der Waals surface area contributed by atoms with E-state index in [-0.39, 0.29) is 18.3 Å². The maximum atomic E-state index is 6.16. The Morgan fingerprint density at radius 3 is 2.60 bits per heavy atom. The quantitative estimate of drug-likeness (QED) is 0.855. The van der Waals surface area contributed by atoms with Crippen LogP contribution in [-0.4, -0.2) is 46.8 Å². The van der Waals surface area contributed by atoms with Gasteiger partial charge in [0.1, 0.15) is 5.82 Å². The third kappa shape index (κ3) is 2.97. The Kier molecular flexibility index (Phi) is 4.11. The highest BCUT2D eigenvalue weighted by Crippen LogP contribution is 2.37. The Morgan fingerprint density at radius 2 is 1.96 bits per heavy atom. The van der Waals surface area contributed by atoms with Gasteiger partial charge in [-0.05, 0) is 60.2 Å². The van der Waals surface area contributed by atoms with Crippen molar-refractivity contribution in [2.45, 2.75) is 57.8 Å². The summed E-state index contributed by atoms with van der Waals surface area (Å²) >= 11 is 1.71. The van der Waals surface area contributed by atoms with Crippen molar-refractivity contribution >= 4 is 23.2 Å². The summed E-state index contributed by atoms with van der Waals surface area (Å²) in [6, 6.07) is 4.64. The second kappa shape index (κ2) is 5.94. The van der Waals surface area contributed by atoms with E-state index in [1.54, 1.807) is 11.3 Å². The fraction of sp³-hybridized carbons (Fsp3) is 0.611. The monoisotopic (exact) mass is 359 g/mol. The third-order valence-electron chi connectivity index (χ3n) is 5.81. The number of hydrogen-bond donors (Lipinski definition) is 1. The normalized spacial score (nSPS) is 25.8. The van der Waals surface area contributed by atoms with Crippen LogP contribution in [-0.2, 0) is 9.31 Å². The molecule has 1 atom stereocenters. The molecule has 1 N–H and O–H groups in total. The molecule has 2 aromatic heterocycles. The predicted molar refractivity (Wildman–Crippen MR) is 102 cm³/mol. The van der Waals surface area contributed by atoms with E-state index in [1.165, 1.54) is 17.7 Å². The van der Waals surface area contributed by atoms with E-state index in [4.69, 9.17) is 9.31 Å². The van der Waals surface area contributed by atoms with E-state index >= 15 is 0 Å². The first-order chi connectivity index (χ1) is 11.8. The van der Waals surface area contributed by atoms with Crippen LogP contribution in [0.2, 0.25) is 0 Å². The molecule has 4 heterocycles. The lowest BCUT2D eigenvalue weighted by Crippen LogP contribution is -2.41. The molecule has 0 aliphatic carbocycles. The van der Waals surface area contributed by atoms with Crippen LogP contribution in [0.1, 0.15) is 52.4 Å². The lowest BCUT2D eigenvalue weighted by molar-refractivity contribution is 0.00578. The van der Waals surface area contributed by atoms with Gasteiger partial charge in [-0.25, -0.2) is 4.98 Å². The smallest absolute Gasteiger partial charge is 0.399 e. The summed E-state index contributed by atoms with van der Waals surface area (Å²) in [7, 11) is 1.87. The van der Waals surface area contributed by atoms with Crippen molar-refractivity contribution in [3.05, 3.63) is 24.2 Å². The van der Waals surface area contributed by atoms with E-state index in [2.05, 4.69) is 61.7 Å². The average Bonchev–Trinajstić information content (AvgIpc) is 3.26. The number of nitrogens with one attached hydrogen (secondary N) is 1. The Morgan fingerprint density at radius 1 is 1.24 bits per heavy atom. The minimum Gasteiger partial charge on any atom is -0.399 e. The van der Waals surface area contributed by atoms with Gasteiger partial charge in [0.25, 0.3) is 0 Å². The molecule has 134 valence electrons. The number of nitrogens with zero attached hydrogens (tertiary/aromatic N) is 2. The fourth-order valence-corrected chi connectivity index (χ4v) is 4.40. The van der Waals surface area contributed by atoms with Gasteiger partial charge in [0.2, 0.25) is 0 Å². The molecule has 5 nitrogen and oxygen atoms in total. The first-order valence-electron chi connectivity index (χ1n) is 8.98. The van der Waals surface area contributed by atoms with Crippen LogP contribution < -0.4 is 4.78 Å². The molecule has 2 aliphatic heterocycles. The second-order valence-electron chi connectivity index (χ2n) is 8.11. The van der Waals surface area contributed by atoms with Crippen LogP contribution >= 0.6 is 11.3 Å². The van der Waals surface area contributed by atoms with Crippen molar-refractivity contribution in [1.29, 1.82) is 0 Å². The van der Waals surface area contributed by atoms with Gasteiger partial charge in [0, 0.05) is 4.78 Å². The first kappa shape index (κ1) is 17.3. The molecule has 2 aromatic rings. The summed E-state index contributed by atoms with van der Waals surface area (Å²) in [6.07, 6.45) is 4.36. The molecule has 4 rings (SSSR count). The van der Waals surface area contributed by atoms with Crippen molar-refractivity contribution in [1.82, 2.24) is 14.9 Å². The number of H-pyrrole nitrogens is 1. The van der Waals surface area contributed by atoms with Gasteiger partial charge in [0.15, 0.2) is 0 Å². The molecule has 0 saturated carbocycles. The van der Waals surface area contributed by atoms with E-state index in [0.29, 0.717) is 6.04 Å². The van der Waals surface area contributed by atoms with Gasteiger partial charge < -0.3 is 14.3 Å². The highest BCUT2D eigenvalue weighted by atomic mass is 32.1. The molecule has 0 spiro atoms. The molecule has 0 unspecified atom stereocenters. The van der Waals surface area contributed by atoms with E-state index < -0.39 is 0 Å². The number of likely N-dealkylation sites (tertiary alicyclic amines) is 1. The highest BCUT2D eigenvalue weighted by Gasteiger charge is 2.52. The lowest BCUT2D eigenvalue weighted by atomic mass is 9.88. The molecular formula is C18H26BN3O2S. The highest BCUT2D eigenvalue weighted by molar-refractivity contribution is 7.25. The van der Waals surface area contributed by atoms with Crippen molar-refractivity contribution < 1.29 is 9.31 Å². The van der Waals surface area contributed by atoms with Crippen LogP contribution in [0.25, 0.3) is 10.6 Å². The summed E-state index contributed by atoms with van der Waals surface area (Å²) in [5.74, 6) is 1.07. The van der Waals surface area contributed by atoms with Crippen molar-refractivity contribution in [2.75, 3.05) is 13.6 Å². The molecule has 7 heteroatoms. The molecule has 2 fully saturated rings. The summed E-state index contributed by atoms with van der Waals surface area (Å²) in [5, 5.41) is 0. The van der Waals surface area contributed by atoms with E-state index in [0.717, 1.165) is 22.8 Å². The van der Waals surface area contributed by atoms with Crippen LogP contribution in [0.3, 0.4) is 0 Å². The van der Waals surface area contributed by atoms with Gasteiger partial charge in [-0.3, -0.25) is 4.90 Å². The standard InChI is InChI=1S/C18H26BN3O2S/c1-17(2)18(3,4)24-19(23-17)15-9-8-14(25-15)12-11-20-16(21-12)13-7-6-10-22(13)5/h8-9,11,13H,6-7,10H2,1-5H3,(H,20,21)/t13-/m0/s1. The molecule has 2 aliphatic rings. The lowest BCUT2D eigenvalue weighted by Gasteiger charge is -2.32. The maximum absolute atomic E-state index is 6.16. The zero-order chi connectivity index (χ0) is 17.8. The Bertz CT molecular complexity index is 754. The maximum Gasteiger partial charge on any atom is 0.505 e. The minimum atomic E-state index is -0.309. The Labute approximate surface area is 153 Å². The zero-order valence-electron chi connectivity index (χ0n) is 15.6. The number of aromatic nitrogens is 2. The summed E-state index contributed by atoms with van der Waals surface area (Å²) in [4.78, 5) is 11.7. The molecule has 0 amide bonds. The Balaban J connectivity index is 1.54. The SMILES string of the molecule is CN1CCC[C@H]1c1ncc(-c2ccc(B3OC(C)(C)C(C)(C)O3)s2)[nH]1. The summed E-state index contributed by atoms with van der Waals surface area (Å²) in [5.41, 5.74) is 0.453. The number of hydrogen-bond acceptors (Lipinski definition) is 5. The predicted octanol–water partition coefficient (Wildman–Crippen LogP) is 3.20. The molecule has 0 bridgehead atoms. The van der Waals surface area contributed by atoms with Crippen LogP contribution in [0.4, 0.5) is 0 Å². The van der Waals surface area contributed by atoms with Crippen molar-refractivity contribution in [3.63, 3.8) is 0 Å². The molecule has 0 aromatic carbocycles. The van der Waals surface area contributed by atoms with Crippen LogP contribution in [0.15, 0.2) is 18.3 Å². The largest absolute Gasteiger partial charge is 0.505 e. The second-order valence-corrected chi connectivity index (χ2v) is 9.23. The fourth-order valence-electron chi connectivity index (χ4n) is 3.47. The van der Waals surface area contributed by atoms with Gasteiger partial charge in [0.05, 0.1) is 34.0 Å². The summed E-state index contributed by atoms with van der Waals surface area (Å²) in [6.45, 7) is 9.48. The van der Waals surface area contributed by atoms with Gasteiger partial charge in [-0.1, -0.05) is 6.07 Å². The van der Waals surface area contributed by atoms with Crippen molar-refractivity contribution in [3.8, 4) is 10.6 Å². The Hall–Kier alpha value is -1.15. The van der Waals surface area contributed by atoms with Gasteiger partial charge in [-0.15, -0.1) is 11.3 Å². The first-order valence-corrected chi connectivity index (χ1v) is 9.79. The molecule has 0 radical (unpaired) electrons. The molecule has 2 saturated heterocycles. The number of aromatic amines is 1. The zero-order valence-corrected chi connectivity index (χ0v) is 16.4. The van der Waals surface area contributed by atoms with Crippen LogP contribution in [0, 0.1) is 0 Å². The minimum absolute atomic E-state index is 0.299. The summed E-state index contributed by atoms with van der Waals surface area (Å²) < 4.78 is 13.4. The molecular weight excluding hydrogens is 333 g/mol. The number of thiophene rings is 1. The average molecular weight is 359 g/mol. The number of imidazole rings is 1. The third-order valence-corrected chi connectivity index (χ3v) is 6.95. The van der Waals surface area contributed by atoms with E-state index in [9.17, 15) is 0 Å². The number of rotatable bonds is 3. The van der Waals surface area contributed by atoms with Crippen molar-refractivity contribution in [2.24, 2.45) is 0 Å². The van der Waals surface area contributed by atoms with Gasteiger partial charge in [-0.2, -0.15) is 0 Å². The van der Waals surface area contributed by atoms with Crippen LogP contribution in [0.5, 0.6) is 0 Å².